The van der Waals surface area contributed by atoms with Gasteiger partial charge < -0.3 is 5.73 Å². The summed E-state index contributed by atoms with van der Waals surface area (Å²) in [6.07, 6.45) is 3.78. The monoisotopic (exact) mass is 226 g/mol. The molecule has 12 heavy (non-hydrogen) atoms. The number of thioether (sulfide) groups is 2. The average molecular weight is 226 g/mol. The van der Waals surface area contributed by atoms with Crippen molar-refractivity contribution >= 4 is 41.4 Å². The lowest BCUT2D eigenvalue weighted by atomic mass is 10.3. The van der Waals surface area contributed by atoms with Crippen LogP contribution in [0.5, 0.6) is 0 Å². The fourth-order valence-electron chi connectivity index (χ4n) is 0.824. The Kier molecular flexibility index (Phi) is 5.47. The molecule has 0 heterocycles. The highest BCUT2D eigenvalue weighted by atomic mass is 32.2. The lowest BCUT2D eigenvalue weighted by Crippen LogP contribution is -2.46. The molecule has 2 unspecified atom stereocenters. The predicted octanol–water partition coefficient (Wildman–Crippen LogP) is 0.889. The third-order valence-corrected chi connectivity index (χ3v) is 5.92. The standard InChI is InChI=1S/C6H14N2OS3/c1-4(10-2)6(11-3,12-8)5(7)9/h4H,8H2,1-3H3,(H2,7,9). The summed E-state index contributed by atoms with van der Waals surface area (Å²) in [5, 5.41) is 5.59. The molecule has 0 radical (unpaired) electrons. The van der Waals surface area contributed by atoms with Gasteiger partial charge in [0.25, 0.3) is 0 Å². The number of hydrogen-bond donors (Lipinski definition) is 2. The van der Waals surface area contributed by atoms with Crippen LogP contribution in [0.2, 0.25) is 0 Å². The van der Waals surface area contributed by atoms with E-state index in [9.17, 15) is 4.79 Å². The molecular formula is C6H14N2OS3. The minimum Gasteiger partial charge on any atom is -0.368 e. The second-order valence-corrected chi connectivity index (χ2v) is 5.60. The van der Waals surface area contributed by atoms with Gasteiger partial charge in [-0.05, 0) is 12.5 Å². The Morgan fingerprint density at radius 1 is 1.50 bits per heavy atom. The first-order valence-corrected chi connectivity index (χ1v) is 6.70. The molecule has 0 aromatic heterocycles. The van der Waals surface area contributed by atoms with Gasteiger partial charge in [-0.25, -0.2) is 0 Å². The van der Waals surface area contributed by atoms with Crippen LogP contribution in [-0.2, 0) is 4.79 Å². The normalized spacial score (nSPS) is 18.3. The SMILES string of the molecule is CSC(C)C(SC)(SN)C(N)=O. The van der Waals surface area contributed by atoms with Gasteiger partial charge in [0.2, 0.25) is 5.91 Å². The van der Waals surface area contributed by atoms with Gasteiger partial charge in [0.1, 0.15) is 0 Å². The van der Waals surface area contributed by atoms with E-state index in [1.807, 2.05) is 19.4 Å². The highest BCUT2D eigenvalue weighted by Crippen LogP contribution is 2.40. The Labute approximate surface area is 85.9 Å². The molecule has 0 spiro atoms. The zero-order chi connectivity index (χ0) is 9.78. The van der Waals surface area contributed by atoms with Crippen molar-refractivity contribution in [1.82, 2.24) is 0 Å². The lowest BCUT2D eigenvalue weighted by molar-refractivity contribution is -0.118. The fourth-order valence-corrected chi connectivity index (χ4v) is 3.51. The molecule has 2 atom stereocenters. The maximum absolute atomic E-state index is 11.2. The van der Waals surface area contributed by atoms with E-state index in [0.717, 1.165) is 11.9 Å². The highest BCUT2D eigenvalue weighted by molar-refractivity contribution is 8.19. The molecule has 0 saturated heterocycles. The lowest BCUT2D eigenvalue weighted by Gasteiger charge is -2.30. The molecule has 0 fully saturated rings. The van der Waals surface area contributed by atoms with E-state index < -0.39 is 4.08 Å². The maximum atomic E-state index is 11.2. The Bertz CT molecular complexity index is 161. The Morgan fingerprint density at radius 3 is 2.08 bits per heavy atom. The first-order chi connectivity index (χ1) is 5.55. The first-order valence-electron chi connectivity index (χ1n) is 3.30. The number of primary amides is 1. The van der Waals surface area contributed by atoms with Crippen molar-refractivity contribution in [2.24, 2.45) is 10.9 Å². The minimum absolute atomic E-state index is 0.111. The third-order valence-electron chi connectivity index (χ3n) is 1.71. The zero-order valence-electron chi connectivity index (χ0n) is 7.37. The van der Waals surface area contributed by atoms with Crippen LogP contribution in [0.1, 0.15) is 6.92 Å². The van der Waals surface area contributed by atoms with E-state index in [-0.39, 0.29) is 11.2 Å². The zero-order valence-corrected chi connectivity index (χ0v) is 9.81. The van der Waals surface area contributed by atoms with E-state index in [0.29, 0.717) is 0 Å². The first kappa shape index (κ1) is 12.5. The van der Waals surface area contributed by atoms with Crippen LogP contribution in [0.3, 0.4) is 0 Å². The van der Waals surface area contributed by atoms with Gasteiger partial charge in [0.05, 0.1) is 0 Å². The quantitative estimate of drug-likeness (QED) is 0.538. The fraction of sp³-hybridized carbons (Fsp3) is 0.833. The van der Waals surface area contributed by atoms with Gasteiger partial charge in [-0.3, -0.25) is 9.93 Å². The Balaban J connectivity index is 4.68. The summed E-state index contributed by atoms with van der Waals surface area (Å²) >= 11 is 4.01. The summed E-state index contributed by atoms with van der Waals surface area (Å²) in [7, 11) is 0. The maximum Gasteiger partial charge on any atom is 0.246 e. The average Bonchev–Trinajstić information content (AvgIpc) is 2.06. The van der Waals surface area contributed by atoms with Gasteiger partial charge in [-0.15, -0.1) is 11.8 Å². The molecule has 4 N–H and O–H groups in total. The van der Waals surface area contributed by atoms with E-state index in [2.05, 4.69) is 0 Å². The number of carbonyl (C=O) groups is 1. The molecule has 0 saturated carbocycles. The highest BCUT2D eigenvalue weighted by Gasteiger charge is 2.41. The number of nitrogens with two attached hydrogens (primary N) is 2. The molecule has 6 heteroatoms. The van der Waals surface area contributed by atoms with Crippen molar-refractivity contribution in [3.8, 4) is 0 Å². The summed E-state index contributed by atoms with van der Waals surface area (Å²) in [4.78, 5) is 11.2. The van der Waals surface area contributed by atoms with Crippen molar-refractivity contribution in [2.75, 3.05) is 12.5 Å². The summed E-state index contributed by atoms with van der Waals surface area (Å²) in [5.41, 5.74) is 5.30. The van der Waals surface area contributed by atoms with Crippen LogP contribution in [0, 0.1) is 0 Å². The molecule has 0 rings (SSSR count). The van der Waals surface area contributed by atoms with Gasteiger partial charge in [-0.1, -0.05) is 18.9 Å². The van der Waals surface area contributed by atoms with Crippen LogP contribution in [0.4, 0.5) is 0 Å². The van der Waals surface area contributed by atoms with E-state index >= 15 is 0 Å². The summed E-state index contributed by atoms with van der Waals surface area (Å²) < 4.78 is -0.695. The van der Waals surface area contributed by atoms with Crippen LogP contribution < -0.4 is 10.9 Å². The number of carbonyl (C=O) groups excluding carboxylic acids is 1. The van der Waals surface area contributed by atoms with Gasteiger partial charge in [-0.2, -0.15) is 11.8 Å². The molecule has 0 aliphatic carbocycles. The van der Waals surface area contributed by atoms with Crippen molar-refractivity contribution in [1.29, 1.82) is 0 Å². The number of hydrogen-bond acceptors (Lipinski definition) is 5. The summed E-state index contributed by atoms with van der Waals surface area (Å²) in [6.45, 7) is 1.95. The van der Waals surface area contributed by atoms with Crippen molar-refractivity contribution in [2.45, 2.75) is 16.3 Å². The molecule has 72 valence electrons. The van der Waals surface area contributed by atoms with Gasteiger partial charge in [0.15, 0.2) is 4.08 Å². The summed E-state index contributed by atoms with van der Waals surface area (Å²) in [5.74, 6) is -0.357. The largest absolute Gasteiger partial charge is 0.368 e. The molecule has 0 aliphatic rings. The molecule has 0 aliphatic heterocycles. The predicted molar refractivity (Wildman–Crippen MR) is 60.2 cm³/mol. The van der Waals surface area contributed by atoms with Crippen LogP contribution in [0.25, 0.3) is 0 Å². The molecule has 3 nitrogen and oxygen atoms in total. The summed E-state index contributed by atoms with van der Waals surface area (Å²) in [6, 6.07) is 0. The Morgan fingerprint density at radius 2 is 2.00 bits per heavy atom. The second kappa shape index (κ2) is 5.26. The van der Waals surface area contributed by atoms with Crippen molar-refractivity contribution in [3.05, 3.63) is 0 Å². The van der Waals surface area contributed by atoms with Crippen molar-refractivity contribution in [3.63, 3.8) is 0 Å². The van der Waals surface area contributed by atoms with Gasteiger partial charge >= 0.3 is 0 Å². The van der Waals surface area contributed by atoms with Crippen LogP contribution in [0.15, 0.2) is 0 Å². The molecule has 0 aromatic carbocycles. The van der Waals surface area contributed by atoms with E-state index in [4.69, 9.17) is 10.9 Å². The van der Waals surface area contributed by atoms with Crippen LogP contribution >= 0.6 is 35.5 Å². The van der Waals surface area contributed by atoms with Gasteiger partial charge in [0, 0.05) is 5.25 Å². The smallest absolute Gasteiger partial charge is 0.246 e. The number of amides is 1. The molecule has 0 aromatic rings. The molecule has 1 amide bonds. The van der Waals surface area contributed by atoms with E-state index in [1.165, 1.54) is 11.8 Å². The van der Waals surface area contributed by atoms with E-state index in [1.54, 1.807) is 11.8 Å². The second-order valence-electron chi connectivity index (χ2n) is 2.23. The topological polar surface area (TPSA) is 69.1 Å². The minimum atomic E-state index is -0.695. The molecule has 0 bridgehead atoms. The van der Waals surface area contributed by atoms with Crippen molar-refractivity contribution < 1.29 is 4.79 Å². The molecular weight excluding hydrogens is 212 g/mol. The third kappa shape index (κ3) is 2.25. The Hall–Kier alpha value is 0.480. The van der Waals surface area contributed by atoms with Crippen LogP contribution in [-0.4, -0.2) is 27.7 Å². The number of rotatable bonds is 5.